The van der Waals surface area contributed by atoms with Crippen molar-refractivity contribution in [2.45, 2.75) is 20.4 Å². The zero-order valence-corrected chi connectivity index (χ0v) is 15.2. The predicted molar refractivity (Wildman–Crippen MR) is 105 cm³/mol. The molecule has 0 aliphatic heterocycles. The van der Waals surface area contributed by atoms with Crippen molar-refractivity contribution in [3.8, 4) is 16.5 Å². The van der Waals surface area contributed by atoms with Crippen molar-refractivity contribution in [3.63, 3.8) is 0 Å². The molecule has 130 valence electrons. The van der Waals surface area contributed by atoms with Crippen molar-refractivity contribution in [1.29, 1.82) is 0 Å². The normalized spacial score (nSPS) is 11.2. The molecule has 2 aromatic carbocycles. The van der Waals surface area contributed by atoms with E-state index in [4.69, 9.17) is 0 Å². The van der Waals surface area contributed by atoms with Crippen LogP contribution in [0, 0.1) is 18.8 Å². The molecule has 0 aliphatic carbocycles. The molecule has 0 fully saturated rings. The first-order valence-corrected chi connectivity index (χ1v) is 9.12. The number of aromatic hydroxyl groups is 1. The Balaban J connectivity index is 1.80. The lowest BCUT2D eigenvalue weighted by Gasteiger charge is -2.07. The largest absolute Gasteiger partial charge is 0.493 e. The summed E-state index contributed by atoms with van der Waals surface area (Å²) in [5.41, 5.74) is 4.81. The van der Waals surface area contributed by atoms with Gasteiger partial charge in [0.1, 0.15) is 5.01 Å². The molecule has 0 saturated carbocycles. The van der Waals surface area contributed by atoms with Gasteiger partial charge in [-0.25, -0.2) is 4.98 Å². The topological polar surface area (TPSA) is 67.5 Å². The number of nitroso groups, excluding NO2 is 1. The summed E-state index contributed by atoms with van der Waals surface area (Å²) in [6.45, 7) is 4.31. The van der Waals surface area contributed by atoms with Crippen LogP contribution < -0.4 is 0 Å². The Bertz CT molecular complexity index is 1110. The van der Waals surface area contributed by atoms with Crippen molar-refractivity contribution in [2.75, 3.05) is 0 Å². The van der Waals surface area contributed by atoms with E-state index in [0.29, 0.717) is 11.9 Å². The van der Waals surface area contributed by atoms with Crippen molar-refractivity contribution in [1.82, 2.24) is 9.55 Å². The summed E-state index contributed by atoms with van der Waals surface area (Å²) in [6.07, 6.45) is 0. The summed E-state index contributed by atoms with van der Waals surface area (Å²) in [7, 11) is 0. The summed E-state index contributed by atoms with van der Waals surface area (Å²) >= 11 is 1.56. The van der Waals surface area contributed by atoms with E-state index < -0.39 is 0 Å². The number of hydrogen-bond acceptors (Lipinski definition) is 5. The Kier molecular flexibility index (Phi) is 4.05. The lowest BCUT2D eigenvalue weighted by Crippen LogP contribution is -2.00. The molecule has 0 atom stereocenters. The number of benzene rings is 2. The smallest absolute Gasteiger partial charge is 0.222 e. The van der Waals surface area contributed by atoms with E-state index in [1.807, 2.05) is 61.7 Å². The zero-order valence-electron chi connectivity index (χ0n) is 14.4. The average molecular weight is 363 g/mol. The predicted octanol–water partition coefficient (Wildman–Crippen LogP) is 5.53. The van der Waals surface area contributed by atoms with E-state index >= 15 is 0 Å². The standard InChI is InChI=1S/C20H17N3O2S/c1-12-8-13(2)18-16(9-12)17(22-25)20(24)23(18)10-15-11-26-19(21-15)14-6-4-3-5-7-14/h3-9,11,24H,10H2,1-2H3. The monoisotopic (exact) mass is 363 g/mol. The van der Waals surface area contributed by atoms with E-state index in [1.54, 1.807) is 15.9 Å². The second kappa shape index (κ2) is 6.38. The molecule has 6 heteroatoms. The highest BCUT2D eigenvalue weighted by Gasteiger charge is 2.20. The number of rotatable bonds is 4. The van der Waals surface area contributed by atoms with Crippen LogP contribution in [0.2, 0.25) is 0 Å². The Hall–Kier alpha value is -2.99. The number of fused-ring (bicyclic) bond motifs is 1. The van der Waals surface area contributed by atoms with Gasteiger partial charge in [-0.15, -0.1) is 16.2 Å². The van der Waals surface area contributed by atoms with Gasteiger partial charge in [-0.2, -0.15) is 0 Å². The third-order valence-electron chi connectivity index (χ3n) is 4.42. The van der Waals surface area contributed by atoms with Crippen LogP contribution in [0.1, 0.15) is 16.8 Å². The highest BCUT2D eigenvalue weighted by Crippen LogP contribution is 2.41. The fourth-order valence-electron chi connectivity index (χ4n) is 3.35. The second-order valence-corrected chi connectivity index (χ2v) is 7.20. The number of aromatic nitrogens is 2. The third kappa shape index (κ3) is 2.68. The number of aryl methyl sites for hydroxylation is 2. The first kappa shape index (κ1) is 16.5. The Morgan fingerprint density at radius 2 is 1.96 bits per heavy atom. The van der Waals surface area contributed by atoms with Gasteiger partial charge < -0.3 is 9.67 Å². The fraction of sp³-hybridized carbons (Fsp3) is 0.150. The van der Waals surface area contributed by atoms with Gasteiger partial charge in [-0.1, -0.05) is 42.0 Å². The molecular weight excluding hydrogens is 346 g/mol. The van der Waals surface area contributed by atoms with Crippen LogP contribution in [0.4, 0.5) is 5.69 Å². The molecule has 5 nitrogen and oxygen atoms in total. The van der Waals surface area contributed by atoms with Crippen LogP contribution in [-0.4, -0.2) is 14.7 Å². The minimum Gasteiger partial charge on any atom is -0.493 e. The van der Waals surface area contributed by atoms with Crippen LogP contribution in [0.5, 0.6) is 5.88 Å². The lowest BCUT2D eigenvalue weighted by atomic mass is 10.1. The van der Waals surface area contributed by atoms with Gasteiger partial charge in [0.05, 0.1) is 17.8 Å². The van der Waals surface area contributed by atoms with Crippen LogP contribution in [0.15, 0.2) is 53.0 Å². The molecule has 1 N–H and O–H groups in total. The van der Waals surface area contributed by atoms with Crippen LogP contribution >= 0.6 is 11.3 Å². The van der Waals surface area contributed by atoms with E-state index in [-0.39, 0.29) is 11.6 Å². The van der Waals surface area contributed by atoms with Crippen molar-refractivity contribution >= 4 is 27.9 Å². The van der Waals surface area contributed by atoms with Crippen molar-refractivity contribution < 1.29 is 5.11 Å². The van der Waals surface area contributed by atoms with Crippen LogP contribution in [-0.2, 0) is 6.54 Å². The molecule has 0 unspecified atom stereocenters. The number of nitrogens with zero attached hydrogens (tertiary/aromatic N) is 3. The minimum atomic E-state index is -0.113. The summed E-state index contributed by atoms with van der Waals surface area (Å²) in [5, 5.41) is 17.2. The Morgan fingerprint density at radius 1 is 1.19 bits per heavy atom. The molecule has 0 bridgehead atoms. The third-order valence-corrected chi connectivity index (χ3v) is 5.36. The molecule has 0 aliphatic rings. The van der Waals surface area contributed by atoms with E-state index in [2.05, 4.69) is 10.2 Å². The minimum absolute atomic E-state index is 0.0883. The van der Waals surface area contributed by atoms with Gasteiger partial charge >= 0.3 is 0 Å². The van der Waals surface area contributed by atoms with Gasteiger partial charge in [-0.3, -0.25) is 0 Å². The molecule has 2 aromatic heterocycles. The van der Waals surface area contributed by atoms with E-state index in [9.17, 15) is 10.0 Å². The molecule has 0 amide bonds. The second-order valence-electron chi connectivity index (χ2n) is 6.34. The van der Waals surface area contributed by atoms with E-state index in [1.165, 1.54) is 0 Å². The molecule has 26 heavy (non-hydrogen) atoms. The molecule has 0 spiro atoms. The SMILES string of the molecule is Cc1cc(C)c2c(c1)c(N=O)c(O)n2Cc1csc(-c2ccccc2)n1. The maximum Gasteiger partial charge on any atom is 0.222 e. The van der Waals surface area contributed by atoms with Crippen molar-refractivity contribution in [2.24, 2.45) is 5.18 Å². The summed E-state index contributed by atoms with van der Waals surface area (Å²) in [5.74, 6) is -0.113. The van der Waals surface area contributed by atoms with Gasteiger partial charge in [0.25, 0.3) is 0 Å². The highest BCUT2D eigenvalue weighted by atomic mass is 32.1. The molecular formula is C20H17N3O2S. The van der Waals surface area contributed by atoms with Crippen molar-refractivity contribution in [3.05, 3.63) is 69.6 Å². The molecule has 2 heterocycles. The quantitative estimate of drug-likeness (QED) is 0.485. The Labute approximate surface area is 154 Å². The zero-order chi connectivity index (χ0) is 18.3. The first-order valence-electron chi connectivity index (χ1n) is 8.24. The number of thiazole rings is 1. The Morgan fingerprint density at radius 3 is 2.69 bits per heavy atom. The van der Waals surface area contributed by atoms with Crippen LogP contribution in [0.25, 0.3) is 21.5 Å². The molecule has 0 radical (unpaired) electrons. The summed E-state index contributed by atoms with van der Waals surface area (Å²) < 4.78 is 1.71. The average Bonchev–Trinajstić information content (AvgIpc) is 3.19. The first-order chi connectivity index (χ1) is 12.6. The fourth-order valence-corrected chi connectivity index (χ4v) is 4.17. The summed E-state index contributed by atoms with van der Waals surface area (Å²) in [4.78, 5) is 16.0. The highest BCUT2D eigenvalue weighted by molar-refractivity contribution is 7.13. The van der Waals surface area contributed by atoms with Crippen LogP contribution in [0.3, 0.4) is 0 Å². The van der Waals surface area contributed by atoms with Gasteiger partial charge in [-0.05, 0) is 30.7 Å². The lowest BCUT2D eigenvalue weighted by molar-refractivity contribution is 0.429. The van der Waals surface area contributed by atoms with Gasteiger partial charge in [0.2, 0.25) is 5.88 Å². The van der Waals surface area contributed by atoms with Gasteiger partial charge in [0, 0.05) is 16.3 Å². The maximum atomic E-state index is 11.3. The number of hydrogen-bond donors (Lipinski definition) is 1. The molecule has 4 aromatic rings. The van der Waals surface area contributed by atoms with Gasteiger partial charge in [0.15, 0.2) is 5.69 Å². The molecule has 0 saturated heterocycles. The van der Waals surface area contributed by atoms with E-state index in [0.717, 1.165) is 32.9 Å². The molecule has 4 rings (SSSR count). The maximum absolute atomic E-state index is 11.3. The summed E-state index contributed by atoms with van der Waals surface area (Å²) in [6, 6.07) is 13.9.